The molecule has 0 amide bonds. The normalized spacial score (nSPS) is 23.1. The Morgan fingerprint density at radius 1 is 1.15 bits per heavy atom. The molecule has 2 aromatic rings. The number of aromatic nitrogens is 1. The molecule has 3 rings (SSSR count). The van der Waals surface area contributed by atoms with Gasteiger partial charge >= 0.3 is 0 Å². The quantitative estimate of drug-likeness (QED) is 0.902. The number of nitrogens with one attached hydrogen (secondary N) is 1. The van der Waals surface area contributed by atoms with Crippen LogP contribution in [-0.4, -0.2) is 18.1 Å². The SMILES string of the molecule is CCNCC1CCCCC1c1cncc2ccccc12. The van der Waals surface area contributed by atoms with Gasteiger partial charge in [-0.25, -0.2) is 0 Å². The highest BCUT2D eigenvalue weighted by Crippen LogP contribution is 2.39. The van der Waals surface area contributed by atoms with Crippen molar-refractivity contribution in [3.63, 3.8) is 0 Å². The monoisotopic (exact) mass is 268 g/mol. The molecule has 20 heavy (non-hydrogen) atoms. The molecular formula is C18H24N2. The van der Waals surface area contributed by atoms with Crippen LogP contribution in [0.4, 0.5) is 0 Å². The molecule has 2 heteroatoms. The lowest BCUT2D eigenvalue weighted by atomic mass is 9.75. The van der Waals surface area contributed by atoms with Crippen LogP contribution >= 0.6 is 0 Å². The van der Waals surface area contributed by atoms with E-state index in [2.05, 4.69) is 47.7 Å². The first-order valence-electron chi connectivity index (χ1n) is 7.93. The molecule has 1 fully saturated rings. The van der Waals surface area contributed by atoms with Crippen molar-refractivity contribution in [3.8, 4) is 0 Å². The van der Waals surface area contributed by atoms with Gasteiger partial charge in [-0.15, -0.1) is 0 Å². The van der Waals surface area contributed by atoms with Crippen LogP contribution in [0.25, 0.3) is 10.8 Å². The van der Waals surface area contributed by atoms with Gasteiger partial charge in [0.1, 0.15) is 0 Å². The Hall–Kier alpha value is -1.41. The molecule has 1 aromatic carbocycles. The van der Waals surface area contributed by atoms with Crippen molar-refractivity contribution in [2.45, 2.75) is 38.5 Å². The Morgan fingerprint density at radius 2 is 2.00 bits per heavy atom. The molecule has 0 saturated heterocycles. The zero-order valence-electron chi connectivity index (χ0n) is 12.3. The Morgan fingerprint density at radius 3 is 2.90 bits per heavy atom. The summed E-state index contributed by atoms with van der Waals surface area (Å²) >= 11 is 0. The number of pyridine rings is 1. The minimum Gasteiger partial charge on any atom is -0.317 e. The van der Waals surface area contributed by atoms with Crippen molar-refractivity contribution >= 4 is 10.8 Å². The molecule has 2 nitrogen and oxygen atoms in total. The highest BCUT2D eigenvalue weighted by molar-refractivity contribution is 5.85. The summed E-state index contributed by atoms with van der Waals surface area (Å²) in [6.45, 7) is 4.40. The van der Waals surface area contributed by atoms with Crippen LogP contribution in [0, 0.1) is 5.92 Å². The zero-order valence-corrected chi connectivity index (χ0v) is 12.3. The molecule has 1 aliphatic carbocycles. The van der Waals surface area contributed by atoms with Gasteiger partial charge < -0.3 is 5.32 Å². The minimum atomic E-state index is 0.668. The number of nitrogens with zero attached hydrogens (tertiary/aromatic N) is 1. The van der Waals surface area contributed by atoms with Crippen molar-refractivity contribution in [1.29, 1.82) is 0 Å². The average molecular weight is 268 g/mol. The van der Waals surface area contributed by atoms with E-state index in [0.29, 0.717) is 5.92 Å². The fraction of sp³-hybridized carbons (Fsp3) is 0.500. The third-order valence-electron chi connectivity index (χ3n) is 4.66. The van der Waals surface area contributed by atoms with Gasteiger partial charge in [0, 0.05) is 17.8 Å². The van der Waals surface area contributed by atoms with Crippen LogP contribution in [0.2, 0.25) is 0 Å². The van der Waals surface area contributed by atoms with Gasteiger partial charge in [0.15, 0.2) is 0 Å². The first-order chi connectivity index (χ1) is 9.90. The van der Waals surface area contributed by atoms with E-state index in [4.69, 9.17) is 0 Å². The van der Waals surface area contributed by atoms with Crippen LogP contribution < -0.4 is 5.32 Å². The van der Waals surface area contributed by atoms with E-state index in [1.807, 2.05) is 6.20 Å². The largest absolute Gasteiger partial charge is 0.317 e. The Kier molecular flexibility index (Phi) is 4.31. The van der Waals surface area contributed by atoms with Crippen molar-refractivity contribution < 1.29 is 0 Å². The number of benzene rings is 1. The van der Waals surface area contributed by atoms with E-state index >= 15 is 0 Å². The summed E-state index contributed by atoms with van der Waals surface area (Å²) in [7, 11) is 0. The smallest absolute Gasteiger partial charge is 0.0346 e. The molecule has 0 bridgehead atoms. The number of hydrogen-bond acceptors (Lipinski definition) is 2. The van der Waals surface area contributed by atoms with Crippen LogP contribution in [0.5, 0.6) is 0 Å². The molecule has 1 N–H and O–H groups in total. The van der Waals surface area contributed by atoms with Crippen LogP contribution in [0.1, 0.15) is 44.1 Å². The molecular weight excluding hydrogens is 244 g/mol. The summed E-state index contributed by atoms with van der Waals surface area (Å²) < 4.78 is 0. The van der Waals surface area contributed by atoms with Crippen molar-refractivity contribution in [2.24, 2.45) is 5.92 Å². The van der Waals surface area contributed by atoms with Crippen molar-refractivity contribution in [3.05, 3.63) is 42.2 Å². The molecule has 1 aromatic heterocycles. The molecule has 106 valence electrons. The first kappa shape index (κ1) is 13.6. The summed E-state index contributed by atoms with van der Waals surface area (Å²) in [6.07, 6.45) is 9.49. The molecule has 1 saturated carbocycles. The lowest BCUT2D eigenvalue weighted by Crippen LogP contribution is -2.29. The summed E-state index contributed by atoms with van der Waals surface area (Å²) in [4.78, 5) is 4.48. The Bertz CT molecular complexity index is 559. The summed E-state index contributed by atoms with van der Waals surface area (Å²) in [5, 5.41) is 6.22. The van der Waals surface area contributed by atoms with Crippen LogP contribution in [0.15, 0.2) is 36.7 Å². The van der Waals surface area contributed by atoms with E-state index in [1.165, 1.54) is 42.0 Å². The van der Waals surface area contributed by atoms with Gasteiger partial charge in [-0.2, -0.15) is 0 Å². The standard InChI is InChI=1S/C18H24N2/c1-2-19-11-14-7-3-5-9-16(14)18-13-20-12-15-8-4-6-10-17(15)18/h4,6,8,10,12-14,16,19H,2-3,5,7,9,11H2,1H3. The summed E-state index contributed by atoms with van der Waals surface area (Å²) in [5.41, 5.74) is 1.46. The van der Waals surface area contributed by atoms with Crippen LogP contribution in [-0.2, 0) is 0 Å². The maximum atomic E-state index is 4.48. The second-order valence-corrected chi connectivity index (χ2v) is 5.91. The summed E-state index contributed by atoms with van der Waals surface area (Å²) in [6, 6.07) is 8.68. The average Bonchev–Trinajstić information content (AvgIpc) is 2.53. The topological polar surface area (TPSA) is 24.9 Å². The predicted molar refractivity (Wildman–Crippen MR) is 85.0 cm³/mol. The molecule has 2 unspecified atom stereocenters. The third-order valence-corrected chi connectivity index (χ3v) is 4.66. The van der Waals surface area contributed by atoms with E-state index in [9.17, 15) is 0 Å². The lowest BCUT2D eigenvalue weighted by molar-refractivity contribution is 0.298. The Balaban J connectivity index is 1.95. The van der Waals surface area contributed by atoms with Gasteiger partial charge in [-0.1, -0.05) is 44.0 Å². The summed E-state index contributed by atoms with van der Waals surface area (Å²) in [5.74, 6) is 1.43. The molecule has 1 aliphatic rings. The van der Waals surface area contributed by atoms with Gasteiger partial charge in [0.25, 0.3) is 0 Å². The number of rotatable bonds is 4. The first-order valence-corrected chi connectivity index (χ1v) is 7.93. The van der Waals surface area contributed by atoms with Gasteiger partial charge in [-0.3, -0.25) is 4.98 Å². The second-order valence-electron chi connectivity index (χ2n) is 5.91. The molecule has 1 heterocycles. The number of fused-ring (bicyclic) bond motifs is 1. The highest BCUT2D eigenvalue weighted by Gasteiger charge is 2.27. The maximum absolute atomic E-state index is 4.48. The van der Waals surface area contributed by atoms with Crippen molar-refractivity contribution in [2.75, 3.05) is 13.1 Å². The molecule has 0 radical (unpaired) electrons. The van der Waals surface area contributed by atoms with Gasteiger partial charge in [0.2, 0.25) is 0 Å². The van der Waals surface area contributed by atoms with Crippen molar-refractivity contribution in [1.82, 2.24) is 10.3 Å². The molecule has 0 aliphatic heterocycles. The van der Waals surface area contributed by atoms with E-state index in [0.717, 1.165) is 19.0 Å². The lowest BCUT2D eigenvalue weighted by Gasteiger charge is -2.32. The molecule has 2 atom stereocenters. The third kappa shape index (κ3) is 2.71. The second kappa shape index (κ2) is 6.36. The Labute approximate surface area is 121 Å². The maximum Gasteiger partial charge on any atom is 0.0346 e. The fourth-order valence-electron chi connectivity index (χ4n) is 3.63. The van der Waals surface area contributed by atoms with E-state index in [1.54, 1.807) is 0 Å². The minimum absolute atomic E-state index is 0.668. The predicted octanol–water partition coefficient (Wildman–Crippen LogP) is 4.12. The van der Waals surface area contributed by atoms with E-state index < -0.39 is 0 Å². The van der Waals surface area contributed by atoms with E-state index in [-0.39, 0.29) is 0 Å². The molecule has 0 spiro atoms. The zero-order chi connectivity index (χ0) is 13.8. The van der Waals surface area contributed by atoms with Crippen LogP contribution in [0.3, 0.4) is 0 Å². The number of hydrogen-bond donors (Lipinski definition) is 1. The highest BCUT2D eigenvalue weighted by atomic mass is 14.8. The van der Waals surface area contributed by atoms with Gasteiger partial charge in [0.05, 0.1) is 0 Å². The fourth-order valence-corrected chi connectivity index (χ4v) is 3.63. The van der Waals surface area contributed by atoms with Gasteiger partial charge in [-0.05, 0) is 48.7 Å².